The number of nitrogens with one attached hydrogen (secondary N) is 2. The Labute approximate surface area is 116 Å². The number of hydrogen-bond donors (Lipinski definition) is 2. The van der Waals surface area contributed by atoms with Crippen LogP contribution < -0.4 is 10.0 Å². The molecule has 0 spiro atoms. The summed E-state index contributed by atoms with van der Waals surface area (Å²) in [4.78, 5) is 1.05. The van der Waals surface area contributed by atoms with Crippen LogP contribution in [0.5, 0.6) is 0 Å². The minimum Gasteiger partial charge on any atom is -0.468 e. The lowest BCUT2D eigenvalue weighted by atomic mass is 10.3. The van der Waals surface area contributed by atoms with Gasteiger partial charge in [0.15, 0.2) is 0 Å². The van der Waals surface area contributed by atoms with Crippen molar-refractivity contribution in [3.05, 3.63) is 41.2 Å². The van der Waals surface area contributed by atoms with Crippen molar-refractivity contribution in [1.82, 2.24) is 10.0 Å². The first kappa shape index (κ1) is 14.3. The molecule has 2 heterocycles. The fourth-order valence-corrected chi connectivity index (χ4v) is 3.93. The summed E-state index contributed by atoms with van der Waals surface area (Å²) in [7, 11) is -1.58. The highest BCUT2D eigenvalue weighted by Crippen LogP contribution is 2.21. The molecule has 0 aliphatic rings. The summed E-state index contributed by atoms with van der Waals surface area (Å²) in [6.45, 7) is 0.999. The highest BCUT2D eigenvalue weighted by Gasteiger charge is 2.16. The van der Waals surface area contributed by atoms with Gasteiger partial charge in [0.1, 0.15) is 9.97 Å². The number of furan rings is 1. The van der Waals surface area contributed by atoms with Gasteiger partial charge in [0.05, 0.1) is 12.8 Å². The molecule has 0 aliphatic heterocycles. The van der Waals surface area contributed by atoms with E-state index in [9.17, 15) is 8.42 Å². The molecule has 0 bridgehead atoms. The molecular weight excluding hydrogens is 284 g/mol. The quantitative estimate of drug-likeness (QED) is 0.814. The number of thiophene rings is 1. The molecule has 2 N–H and O–H groups in total. The molecule has 0 aliphatic carbocycles. The highest BCUT2D eigenvalue weighted by atomic mass is 32.2. The van der Waals surface area contributed by atoms with Gasteiger partial charge in [-0.1, -0.05) is 0 Å². The van der Waals surface area contributed by atoms with Gasteiger partial charge in [-0.2, -0.15) is 0 Å². The normalized spacial score (nSPS) is 11.8. The summed E-state index contributed by atoms with van der Waals surface area (Å²) in [5, 5.41) is 3.04. The Bertz CT molecular complexity index is 603. The lowest BCUT2D eigenvalue weighted by Gasteiger charge is -2.02. The van der Waals surface area contributed by atoms with E-state index in [2.05, 4.69) is 10.0 Å². The third-order valence-corrected chi connectivity index (χ3v) is 5.58. The summed E-state index contributed by atoms with van der Waals surface area (Å²) in [5.74, 6) is 0.593. The van der Waals surface area contributed by atoms with Crippen molar-refractivity contribution in [3.63, 3.8) is 0 Å². The highest BCUT2D eigenvalue weighted by molar-refractivity contribution is 7.91. The van der Waals surface area contributed by atoms with E-state index in [4.69, 9.17) is 4.42 Å². The maximum atomic E-state index is 12.1. The van der Waals surface area contributed by atoms with Gasteiger partial charge in [0, 0.05) is 4.88 Å². The first-order chi connectivity index (χ1) is 9.12. The van der Waals surface area contributed by atoms with Crippen molar-refractivity contribution in [2.45, 2.75) is 17.2 Å². The van der Waals surface area contributed by atoms with Gasteiger partial charge in [-0.15, -0.1) is 11.3 Å². The van der Waals surface area contributed by atoms with Gasteiger partial charge < -0.3 is 9.73 Å². The van der Waals surface area contributed by atoms with Crippen molar-refractivity contribution < 1.29 is 12.8 Å². The van der Waals surface area contributed by atoms with Gasteiger partial charge in [-0.05, 0) is 44.3 Å². The Kier molecular flexibility index (Phi) is 4.76. The van der Waals surface area contributed by atoms with Crippen molar-refractivity contribution in [1.29, 1.82) is 0 Å². The standard InChI is InChI=1S/C12H16N2O3S2/c1-13-7-6-11-4-5-12(18-11)19(15,16)14-9-10-3-2-8-17-10/h2-5,8,13-14H,6-7,9H2,1H3. The van der Waals surface area contributed by atoms with Crippen molar-refractivity contribution in [2.24, 2.45) is 0 Å². The maximum Gasteiger partial charge on any atom is 0.250 e. The lowest BCUT2D eigenvalue weighted by Crippen LogP contribution is -2.22. The molecular formula is C12H16N2O3S2. The Morgan fingerprint density at radius 2 is 2.16 bits per heavy atom. The maximum absolute atomic E-state index is 12.1. The third kappa shape index (κ3) is 3.90. The summed E-state index contributed by atoms with van der Waals surface area (Å²) in [6, 6.07) is 6.95. The minimum atomic E-state index is -3.45. The predicted octanol–water partition coefficient (Wildman–Crippen LogP) is 1.58. The minimum absolute atomic E-state index is 0.166. The topological polar surface area (TPSA) is 71.3 Å². The molecule has 0 saturated carbocycles. The molecule has 7 heteroatoms. The number of hydrogen-bond acceptors (Lipinski definition) is 5. The molecule has 2 aromatic rings. The first-order valence-electron chi connectivity index (χ1n) is 5.87. The van der Waals surface area contributed by atoms with Crippen LogP contribution in [0.2, 0.25) is 0 Å². The van der Waals surface area contributed by atoms with Crippen molar-refractivity contribution >= 4 is 21.4 Å². The van der Waals surface area contributed by atoms with E-state index in [1.165, 1.54) is 17.6 Å². The Morgan fingerprint density at radius 1 is 1.32 bits per heavy atom. The van der Waals surface area contributed by atoms with Crippen LogP contribution >= 0.6 is 11.3 Å². The average molecular weight is 300 g/mol. The summed E-state index contributed by atoms with van der Waals surface area (Å²) in [5.41, 5.74) is 0. The van der Waals surface area contributed by atoms with Crippen LogP contribution in [0.3, 0.4) is 0 Å². The lowest BCUT2D eigenvalue weighted by molar-refractivity contribution is 0.499. The fraction of sp³-hybridized carbons (Fsp3) is 0.333. The summed E-state index contributed by atoms with van der Waals surface area (Å²) in [6.07, 6.45) is 2.35. The molecule has 0 unspecified atom stereocenters. The third-order valence-electron chi connectivity index (χ3n) is 2.54. The molecule has 0 saturated heterocycles. The SMILES string of the molecule is CNCCc1ccc(S(=O)(=O)NCc2ccco2)s1. The van der Waals surface area contributed by atoms with E-state index in [1.807, 2.05) is 13.1 Å². The molecule has 0 amide bonds. The average Bonchev–Trinajstić information content (AvgIpc) is 3.05. The summed E-state index contributed by atoms with van der Waals surface area (Å²) < 4.78 is 32.1. The second-order valence-electron chi connectivity index (χ2n) is 3.98. The molecule has 0 atom stereocenters. The smallest absolute Gasteiger partial charge is 0.250 e. The zero-order valence-electron chi connectivity index (χ0n) is 10.5. The van der Waals surface area contributed by atoms with E-state index >= 15 is 0 Å². The van der Waals surface area contributed by atoms with Gasteiger partial charge in [-0.25, -0.2) is 13.1 Å². The van der Waals surface area contributed by atoms with Crippen LogP contribution in [0.15, 0.2) is 39.2 Å². The summed E-state index contributed by atoms with van der Waals surface area (Å²) >= 11 is 1.30. The molecule has 0 fully saturated rings. The molecule has 19 heavy (non-hydrogen) atoms. The van der Waals surface area contributed by atoms with Crippen LogP contribution in [0, 0.1) is 0 Å². The largest absolute Gasteiger partial charge is 0.468 e. The molecule has 0 aromatic carbocycles. The number of sulfonamides is 1. The Balaban J connectivity index is 2.00. The molecule has 5 nitrogen and oxygen atoms in total. The number of rotatable bonds is 7. The van der Waals surface area contributed by atoms with Crippen molar-refractivity contribution in [2.75, 3.05) is 13.6 Å². The van der Waals surface area contributed by atoms with Crippen LogP contribution in [-0.2, 0) is 23.0 Å². The van der Waals surface area contributed by atoms with Crippen LogP contribution in [0.25, 0.3) is 0 Å². The van der Waals surface area contributed by atoms with E-state index in [0.29, 0.717) is 9.97 Å². The Morgan fingerprint density at radius 3 is 2.84 bits per heavy atom. The van der Waals surface area contributed by atoms with Crippen LogP contribution in [0.4, 0.5) is 0 Å². The van der Waals surface area contributed by atoms with Gasteiger partial charge in [-0.3, -0.25) is 0 Å². The second kappa shape index (κ2) is 6.33. The van der Waals surface area contributed by atoms with E-state index in [-0.39, 0.29) is 6.54 Å². The molecule has 0 radical (unpaired) electrons. The predicted molar refractivity (Wildman–Crippen MR) is 74.7 cm³/mol. The van der Waals surface area contributed by atoms with E-state index < -0.39 is 10.0 Å². The van der Waals surface area contributed by atoms with Crippen LogP contribution in [0.1, 0.15) is 10.6 Å². The zero-order chi connectivity index (χ0) is 13.7. The van der Waals surface area contributed by atoms with E-state index in [1.54, 1.807) is 18.2 Å². The molecule has 2 rings (SSSR count). The Hall–Kier alpha value is -1.15. The zero-order valence-corrected chi connectivity index (χ0v) is 12.2. The molecule has 104 valence electrons. The first-order valence-corrected chi connectivity index (χ1v) is 8.17. The van der Waals surface area contributed by atoms with Gasteiger partial charge in [0.2, 0.25) is 10.0 Å². The van der Waals surface area contributed by atoms with E-state index in [0.717, 1.165) is 17.8 Å². The monoisotopic (exact) mass is 300 g/mol. The number of likely N-dealkylation sites (N-methyl/N-ethyl adjacent to an activating group) is 1. The van der Waals surface area contributed by atoms with Crippen molar-refractivity contribution in [3.8, 4) is 0 Å². The second-order valence-corrected chi connectivity index (χ2v) is 7.14. The van der Waals surface area contributed by atoms with Gasteiger partial charge in [0.25, 0.3) is 0 Å². The van der Waals surface area contributed by atoms with Gasteiger partial charge >= 0.3 is 0 Å². The fourth-order valence-electron chi connectivity index (χ4n) is 1.54. The molecule has 2 aromatic heterocycles. The van der Waals surface area contributed by atoms with Crippen LogP contribution in [-0.4, -0.2) is 22.0 Å².